The van der Waals surface area contributed by atoms with Crippen LogP contribution in [-0.4, -0.2) is 12.9 Å². The molecule has 0 unspecified atom stereocenters. The van der Waals surface area contributed by atoms with E-state index < -0.39 is 0 Å². The number of hydrogen-bond acceptors (Lipinski definition) is 2. The lowest BCUT2D eigenvalue weighted by atomic mass is 9.79. The maximum atomic E-state index is 12.7. The van der Waals surface area contributed by atoms with E-state index in [0.29, 0.717) is 27.8 Å². The Morgan fingerprint density at radius 1 is 1.19 bits per heavy atom. The third-order valence-electron chi connectivity index (χ3n) is 4.13. The zero-order valence-corrected chi connectivity index (χ0v) is 12.7. The number of ketones is 1. The average Bonchev–Trinajstić information content (AvgIpc) is 2.45. The SMILES string of the molecule is COc1cc(Cl)ccc1C(=O)c1cccc(C2CCC2)c1. The first kappa shape index (κ1) is 14.2. The minimum atomic E-state index is -0.0234. The number of carbonyl (C=O) groups is 1. The van der Waals surface area contributed by atoms with Crippen LogP contribution >= 0.6 is 11.6 Å². The van der Waals surface area contributed by atoms with E-state index in [4.69, 9.17) is 16.3 Å². The Morgan fingerprint density at radius 3 is 2.67 bits per heavy atom. The van der Waals surface area contributed by atoms with Gasteiger partial charge >= 0.3 is 0 Å². The highest BCUT2D eigenvalue weighted by atomic mass is 35.5. The van der Waals surface area contributed by atoms with Crippen LogP contribution in [0, 0.1) is 0 Å². The van der Waals surface area contributed by atoms with Crippen molar-refractivity contribution < 1.29 is 9.53 Å². The monoisotopic (exact) mass is 300 g/mol. The number of methoxy groups -OCH3 is 1. The van der Waals surface area contributed by atoms with E-state index >= 15 is 0 Å². The summed E-state index contributed by atoms with van der Waals surface area (Å²) in [4.78, 5) is 12.7. The highest BCUT2D eigenvalue weighted by Crippen LogP contribution is 2.36. The average molecular weight is 301 g/mol. The van der Waals surface area contributed by atoms with Gasteiger partial charge in [0.15, 0.2) is 5.78 Å². The molecule has 1 saturated carbocycles. The molecule has 21 heavy (non-hydrogen) atoms. The van der Waals surface area contributed by atoms with Gasteiger partial charge in [0.2, 0.25) is 0 Å². The highest BCUT2D eigenvalue weighted by Gasteiger charge is 2.21. The molecule has 3 heteroatoms. The summed E-state index contributed by atoms with van der Waals surface area (Å²) in [5.74, 6) is 1.11. The molecule has 0 atom stereocenters. The maximum Gasteiger partial charge on any atom is 0.196 e. The largest absolute Gasteiger partial charge is 0.496 e. The van der Waals surface area contributed by atoms with E-state index in [1.165, 1.54) is 24.8 Å². The van der Waals surface area contributed by atoms with Crippen LogP contribution in [0.5, 0.6) is 5.75 Å². The molecule has 2 nitrogen and oxygen atoms in total. The first-order chi connectivity index (χ1) is 10.2. The maximum absolute atomic E-state index is 12.7. The van der Waals surface area contributed by atoms with Gasteiger partial charge < -0.3 is 4.74 Å². The summed E-state index contributed by atoms with van der Waals surface area (Å²) in [7, 11) is 1.55. The predicted octanol–water partition coefficient (Wildman–Crippen LogP) is 4.85. The van der Waals surface area contributed by atoms with Crippen molar-refractivity contribution in [2.45, 2.75) is 25.2 Å². The molecule has 0 bridgehead atoms. The zero-order chi connectivity index (χ0) is 14.8. The molecular formula is C18H17ClO2. The van der Waals surface area contributed by atoms with Crippen LogP contribution < -0.4 is 4.74 Å². The summed E-state index contributed by atoms with van der Waals surface area (Å²) in [6.07, 6.45) is 3.73. The molecular weight excluding hydrogens is 284 g/mol. The molecule has 1 aliphatic carbocycles. The minimum absolute atomic E-state index is 0.0234. The summed E-state index contributed by atoms with van der Waals surface area (Å²) in [5.41, 5.74) is 2.52. The van der Waals surface area contributed by atoms with Crippen molar-refractivity contribution in [3.05, 3.63) is 64.2 Å². The van der Waals surface area contributed by atoms with Gasteiger partial charge in [-0.2, -0.15) is 0 Å². The Hall–Kier alpha value is -1.80. The lowest BCUT2D eigenvalue weighted by Crippen LogP contribution is -2.10. The molecule has 2 aromatic carbocycles. The Bertz CT molecular complexity index is 675. The predicted molar refractivity (Wildman–Crippen MR) is 84.5 cm³/mol. The standard InChI is InChI=1S/C18H17ClO2/c1-21-17-11-15(19)8-9-16(17)18(20)14-7-3-6-13(10-14)12-4-2-5-12/h3,6-12H,2,4-5H2,1H3. The van der Waals surface area contributed by atoms with Crippen LogP contribution in [-0.2, 0) is 0 Å². The molecule has 0 aromatic heterocycles. The first-order valence-electron chi connectivity index (χ1n) is 7.17. The molecule has 1 aliphatic rings. The summed E-state index contributed by atoms with van der Waals surface area (Å²) in [6, 6.07) is 13.1. The fraction of sp³-hybridized carbons (Fsp3) is 0.278. The van der Waals surface area contributed by atoms with Crippen LogP contribution in [0.2, 0.25) is 5.02 Å². The number of carbonyl (C=O) groups excluding carboxylic acids is 1. The van der Waals surface area contributed by atoms with Crippen molar-refractivity contribution in [1.29, 1.82) is 0 Å². The third kappa shape index (κ3) is 2.81. The van der Waals surface area contributed by atoms with Gasteiger partial charge in [-0.05, 0) is 48.6 Å². The fourth-order valence-electron chi connectivity index (χ4n) is 2.68. The molecule has 3 rings (SSSR count). The van der Waals surface area contributed by atoms with Crippen molar-refractivity contribution in [1.82, 2.24) is 0 Å². The second kappa shape index (κ2) is 5.90. The molecule has 1 fully saturated rings. The highest BCUT2D eigenvalue weighted by molar-refractivity contribution is 6.31. The lowest BCUT2D eigenvalue weighted by Gasteiger charge is -2.26. The van der Waals surface area contributed by atoms with E-state index in [0.717, 1.165) is 0 Å². The molecule has 0 spiro atoms. The van der Waals surface area contributed by atoms with Crippen LogP contribution in [0.15, 0.2) is 42.5 Å². The van der Waals surface area contributed by atoms with Gasteiger partial charge in [-0.25, -0.2) is 0 Å². The number of halogens is 1. The molecule has 0 aliphatic heterocycles. The Kier molecular flexibility index (Phi) is 3.98. The van der Waals surface area contributed by atoms with Gasteiger partial charge in [0.05, 0.1) is 12.7 Å². The van der Waals surface area contributed by atoms with Crippen molar-refractivity contribution in [2.75, 3.05) is 7.11 Å². The minimum Gasteiger partial charge on any atom is -0.496 e. The Labute approximate surface area is 129 Å². The van der Waals surface area contributed by atoms with Gasteiger partial charge in [-0.1, -0.05) is 36.2 Å². The fourth-order valence-corrected chi connectivity index (χ4v) is 2.85. The molecule has 0 radical (unpaired) electrons. The molecule has 0 heterocycles. The van der Waals surface area contributed by atoms with Crippen molar-refractivity contribution in [3.63, 3.8) is 0 Å². The topological polar surface area (TPSA) is 26.3 Å². The zero-order valence-electron chi connectivity index (χ0n) is 11.9. The first-order valence-corrected chi connectivity index (χ1v) is 7.55. The van der Waals surface area contributed by atoms with E-state index in [1.54, 1.807) is 25.3 Å². The van der Waals surface area contributed by atoms with Crippen LogP contribution in [0.1, 0.15) is 46.7 Å². The lowest BCUT2D eigenvalue weighted by molar-refractivity contribution is 0.103. The van der Waals surface area contributed by atoms with Gasteiger partial charge in [-0.15, -0.1) is 0 Å². The second-order valence-electron chi connectivity index (χ2n) is 5.43. The van der Waals surface area contributed by atoms with Crippen molar-refractivity contribution in [2.24, 2.45) is 0 Å². The Morgan fingerprint density at radius 2 is 2.00 bits per heavy atom. The normalized spacial score (nSPS) is 14.6. The van der Waals surface area contributed by atoms with Gasteiger partial charge in [0, 0.05) is 10.6 Å². The van der Waals surface area contributed by atoms with E-state index in [1.807, 2.05) is 18.2 Å². The van der Waals surface area contributed by atoms with E-state index in [9.17, 15) is 4.79 Å². The van der Waals surface area contributed by atoms with Gasteiger partial charge in [0.1, 0.15) is 5.75 Å². The van der Waals surface area contributed by atoms with Crippen LogP contribution in [0.4, 0.5) is 0 Å². The number of benzene rings is 2. The summed E-state index contributed by atoms with van der Waals surface area (Å²) in [6.45, 7) is 0. The van der Waals surface area contributed by atoms with E-state index in [-0.39, 0.29) is 5.78 Å². The quantitative estimate of drug-likeness (QED) is 0.755. The van der Waals surface area contributed by atoms with E-state index in [2.05, 4.69) is 6.07 Å². The van der Waals surface area contributed by atoms with Crippen LogP contribution in [0.25, 0.3) is 0 Å². The summed E-state index contributed by atoms with van der Waals surface area (Å²) < 4.78 is 5.27. The summed E-state index contributed by atoms with van der Waals surface area (Å²) in [5, 5.41) is 0.562. The summed E-state index contributed by atoms with van der Waals surface area (Å²) >= 11 is 5.95. The smallest absolute Gasteiger partial charge is 0.196 e. The van der Waals surface area contributed by atoms with Crippen molar-refractivity contribution in [3.8, 4) is 5.75 Å². The number of hydrogen-bond donors (Lipinski definition) is 0. The third-order valence-corrected chi connectivity index (χ3v) is 4.37. The second-order valence-corrected chi connectivity index (χ2v) is 5.86. The van der Waals surface area contributed by atoms with Crippen LogP contribution in [0.3, 0.4) is 0 Å². The Balaban J connectivity index is 1.94. The van der Waals surface area contributed by atoms with Gasteiger partial charge in [0.25, 0.3) is 0 Å². The number of ether oxygens (including phenoxy) is 1. The number of rotatable bonds is 4. The molecule has 108 valence electrons. The molecule has 0 amide bonds. The van der Waals surface area contributed by atoms with Crippen molar-refractivity contribution >= 4 is 17.4 Å². The molecule has 0 saturated heterocycles. The molecule has 2 aromatic rings. The molecule has 0 N–H and O–H groups in total. The van der Waals surface area contributed by atoms with Gasteiger partial charge in [-0.3, -0.25) is 4.79 Å².